The first kappa shape index (κ1) is 15.8. The zero-order valence-corrected chi connectivity index (χ0v) is 14.3. The van der Waals surface area contributed by atoms with Gasteiger partial charge in [-0.15, -0.1) is 5.10 Å². The number of anilines is 2. The van der Waals surface area contributed by atoms with Gasteiger partial charge in [0.1, 0.15) is 0 Å². The van der Waals surface area contributed by atoms with Crippen molar-refractivity contribution in [1.29, 1.82) is 0 Å². The average Bonchev–Trinajstić information content (AvgIpc) is 3.32. The first-order valence-corrected chi connectivity index (χ1v) is 8.86. The predicted octanol–water partition coefficient (Wildman–Crippen LogP) is 3.73. The summed E-state index contributed by atoms with van der Waals surface area (Å²) in [7, 11) is 0. The summed E-state index contributed by atoms with van der Waals surface area (Å²) < 4.78 is 0. The van der Waals surface area contributed by atoms with E-state index in [1.807, 2.05) is 18.0 Å². The second-order valence-electron chi connectivity index (χ2n) is 5.54. The van der Waals surface area contributed by atoms with Gasteiger partial charge in [-0.2, -0.15) is 9.99 Å². The number of nitrogen functional groups attached to an aromatic ring is 1. The number of benzene rings is 1. The summed E-state index contributed by atoms with van der Waals surface area (Å²) in [4.78, 5) is 8.72. The molecular weight excluding hydrogens is 306 g/mol. The standard InChI is InChI=1S/C17H21N5S/c1-3-4-10-14-12(2)19-16(18)20-15(14)22-17(21-22)23-11-13-8-6-5-7-9-13/h5-9H,3-4,10-11H2,1-2H3,(H2,18,19,20). The molecular formula is C17H21N5S. The number of thioether (sulfide) groups is 1. The molecule has 3 rings (SSSR count). The van der Waals surface area contributed by atoms with Gasteiger partial charge in [-0.25, -0.2) is 4.98 Å². The lowest BCUT2D eigenvalue weighted by molar-refractivity contribution is 0.782. The second-order valence-corrected chi connectivity index (χ2v) is 6.48. The van der Waals surface area contributed by atoms with E-state index in [9.17, 15) is 0 Å². The number of nitrogens with two attached hydrogens (primary N) is 1. The highest BCUT2D eigenvalue weighted by atomic mass is 32.2. The fraction of sp³-hybridized carbons (Fsp3) is 0.353. The Balaban J connectivity index is 1.69. The lowest BCUT2D eigenvalue weighted by atomic mass is 10.1. The largest absolute Gasteiger partial charge is 0.368 e. The third kappa shape index (κ3) is 3.82. The summed E-state index contributed by atoms with van der Waals surface area (Å²) in [6, 6.07) is 10.4. The Morgan fingerprint density at radius 1 is 1.17 bits per heavy atom. The van der Waals surface area contributed by atoms with Gasteiger partial charge in [0.15, 0.2) is 5.82 Å². The zero-order chi connectivity index (χ0) is 16.2. The lowest BCUT2D eigenvalue weighted by Crippen LogP contribution is -2.11. The molecule has 1 aliphatic rings. The molecule has 0 spiro atoms. The van der Waals surface area contributed by atoms with Gasteiger partial charge in [-0.3, -0.25) is 0 Å². The van der Waals surface area contributed by atoms with Gasteiger partial charge in [0, 0.05) is 17.0 Å². The fourth-order valence-electron chi connectivity index (χ4n) is 2.44. The van der Waals surface area contributed by atoms with Crippen LogP contribution in [0.15, 0.2) is 35.4 Å². The van der Waals surface area contributed by atoms with Crippen LogP contribution >= 0.6 is 11.8 Å². The number of unbranched alkanes of at least 4 members (excludes halogenated alkanes) is 1. The van der Waals surface area contributed by atoms with Crippen molar-refractivity contribution < 1.29 is 0 Å². The normalized spacial score (nSPS) is 13.1. The maximum atomic E-state index is 5.83. The molecule has 6 heteroatoms. The van der Waals surface area contributed by atoms with Crippen molar-refractivity contribution in [2.75, 3.05) is 10.7 Å². The maximum absolute atomic E-state index is 5.83. The van der Waals surface area contributed by atoms with E-state index in [2.05, 4.69) is 46.3 Å². The minimum Gasteiger partial charge on any atom is -0.368 e. The number of rotatable bonds is 6. The average molecular weight is 327 g/mol. The van der Waals surface area contributed by atoms with Crippen LogP contribution in [0.4, 0.5) is 11.8 Å². The highest BCUT2D eigenvalue weighted by molar-refractivity contribution is 8.14. The predicted molar refractivity (Wildman–Crippen MR) is 97.4 cm³/mol. The van der Waals surface area contributed by atoms with Crippen LogP contribution in [0.5, 0.6) is 0 Å². The molecule has 0 atom stereocenters. The van der Waals surface area contributed by atoms with Gasteiger partial charge >= 0.3 is 0 Å². The molecule has 120 valence electrons. The SMILES string of the molecule is CCCCc1c(C)nc(N)nc1N1N=C1SCc1ccccc1. The van der Waals surface area contributed by atoms with Gasteiger partial charge in [-0.05, 0) is 25.3 Å². The summed E-state index contributed by atoms with van der Waals surface area (Å²) in [5.41, 5.74) is 9.22. The molecule has 2 aromatic rings. The molecule has 0 saturated heterocycles. The summed E-state index contributed by atoms with van der Waals surface area (Å²) in [5, 5.41) is 7.34. The van der Waals surface area contributed by atoms with Crippen molar-refractivity contribution in [3.05, 3.63) is 47.2 Å². The minimum atomic E-state index is 0.312. The molecule has 1 aliphatic heterocycles. The molecule has 0 radical (unpaired) electrons. The van der Waals surface area contributed by atoms with Crippen LogP contribution in [0.1, 0.15) is 36.6 Å². The Hall–Kier alpha value is -2.08. The van der Waals surface area contributed by atoms with Gasteiger partial charge in [-0.1, -0.05) is 55.4 Å². The molecule has 0 unspecified atom stereocenters. The zero-order valence-electron chi connectivity index (χ0n) is 13.5. The molecule has 0 saturated carbocycles. The molecule has 1 aromatic carbocycles. The third-order valence-corrected chi connectivity index (χ3v) is 4.72. The number of aryl methyl sites for hydroxylation is 1. The van der Waals surface area contributed by atoms with E-state index in [1.54, 1.807) is 11.8 Å². The quantitative estimate of drug-likeness (QED) is 0.875. The van der Waals surface area contributed by atoms with Crippen LogP contribution in [0, 0.1) is 6.92 Å². The van der Waals surface area contributed by atoms with Gasteiger partial charge < -0.3 is 5.73 Å². The van der Waals surface area contributed by atoms with E-state index < -0.39 is 0 Å². The first-order chi connectivity index (χ1) is 11.2. The highest BCUT2D eigenvalue weighted by Gasteiger charge is 2.31. The molecule has 1 aromatic heterocycles. The van der Waals surface area contributed by atoms with Crippen LogP contribution in [0.3, 0.4) is 0 Å². The van der Waals surface area contributed by atoms with E-state index >= 15 is 0 Å². The number of aromatic nitrogens is 2. The van der Waals surface area contributed by atoms with Crippen molar-refractivity contribution in [1.82, 2.24) is 9.97 Å². The smallest absolute Gasteiger partial charge is 0.222 e. The Bertz CT molecular complexity index is 714. The lowest BCUT2D eigenvalue weighted by Gasteiger charge is -2.12. The number of hydrazone groups is 1. The van der Waals surface area contributed by atoms with E-state index in [0.29, 0.717) is 5.95 Å². The molecule has 5 nitrogen and oxygen atoms in total. The van der Waals surface area contributed by atoms with E-state index in [-0.39, 0.29) is 0 Å². The van der Waals surface area contributed by atoms with Crippen molar-refractivity contribution >= 4 is 28.7 Å². The van der Waals surface area contributed by atoms with Crippen LogP contribution in [0.25, 0.3) is 0 Å². The molecule has 0 amide bonds. The van der Waals surface area contributed by atoms with Gasteiger partial charge in [0.05, 0.1) is 0 Å². The Morgan fingerprint density at radius 2 is 1.96 bits per heavy atom. The number of hydrogen-bond acceptors (Lipinski definition) is 6. The van der Waals surface area contributed by atoms with Crippen LogP contribution < -0.4 is 10.7 Å². The minimum absolute atomic E-state index is 0.312. The summed E-state index contributed by atoms with van der Waals surface area (Å²) >= 11 is 1.72. The molecule has 0 bridgehead atoms. The monoisotopic (exact) mass is 327 g/mol. The van der Waals surface area contributed by atoms with Crippen molar-refractivity contribution in [3.63, 3.8) is 0 Å². The van der Waals surface area contributed by atoms with E-state index in [4.69, 9.17) is 5.73 Å². The first-order valence-electron chi connectivity index (χ1n) is 7.87. The van der Waals surface area contributed by atoms with E-state index in [1.165, 1.54) is 5.56 Å². The van der Waals surface area contributed by atoms with Crippen LogP contribution in [-0.2, 0) is 12.2 Å². The molecule has 0 aliphatic carbocycles. The summed E-state index contributed by atoms with van der Waals surface area (Å²) in [6.45, 7) is 4.18. The molecule has 0 fully saturated rings. The Kier molecular flexibility index (Phi) is 4.81. The Labute approximate surface area is 141 Å². The number of nitrogens with zero attached hydrogens (tertiary/aromatic N) is 4. The van der Waals surface area contributed by atoms with Crippen LogP contribution in [0.2, 0.25) is 0 Å². The van der Waals surface area contributed by atoms with Crippen molar-refractivity contribution in [3.8, 4) is 0 Å². The number of hydrogen-bond donors (Lipinski definition) is 1. The summed E-state index contributed by atoms with van der Waals surface area (Å²) in [5.74, 6) is 2.06. The highest BCUT2D eigenvalue weighted by Crippen LogP contribution is 2.34. The van der Waals surface area contributed by atoms with Crippen molar-refractivity contribution in [2.24, 2.45) is 5.10 Å². The molecule has 23 heavy (non-hydrogen) atoms. The topological polar surface area (TPSA) is 67.2 Å². The van der Waals surface area contributed by atoms with Gasteiger partial charge in [0.2, 0.25) is 11.1 Å². The maximum Gasteiger partial charge on any atom is 0.222 e. The number of amidine groups is 1. The molecule has 2 heterocycles. The van der Waals surface area contributed by atoms with E-state index in [0.717, 1.165) is 47.3 Å². The fourth-order valence-corrected chi connectivity index (χ4v) is 3.27. The summed E-state index contributed by atoms with van der Waals surface area (Å²) in [6.07, 6.45) is 3.21. The van der Waals surface area contributed by atoms with Crippen LogP contribution in [-0.4, -0.2) is 15.1 Å². The van der Waals surface area contributed by atoms with Crippen molar-refractivity contribution in [2.45, 2.75) is 38.9 Å². The molecule has 2 N–H and O–H groups in total. The second kappa shape index (κ2) is 7.00. The Morgan fingerprint density at radius 3 is 2.70 bits per heavy atom. The third-order valence-electron chi connectivity index (χ3n) is 3.73. The van der Waals surface area contributed by atoms with Gasteiger partial charge in [0.25, 0.3) is 0 Å².